The lowest BCUT2D eigenvalue weighted by atomic mass is 10.4. The normalized spacial score (nSPS) is 18.9. The van der Waals surface area contributed by atoms with Gasteiger partial charge >= 0.3 is 0 Å². The van der Waals surface area contributed by atoms with Crippen molar-refractivity contribution in [3.05, 3.63) is 0 Å². The maximum absolute atomic E-state index is 8.20. The Balaban J connectivity index is 1.95. The first-order valence-electron chi connectivity index (χ1n) is 4.31. The zero-order chi connectivity index (χ0) is 8.65. The van der Waals surface area contributed by atoms with Crippen molar-refractivity contribution >= 4 is 0 Å². The van der Waals surface area contributed by atoms with Crippen molar-refractivity contribution in [1.82, 2.24) is 10.2 Å². The molecule has 4 heteroatoms. The van der Waals surface area contributed by atoms with Gasteiger partial charge in [-0.05, 0) is 0 Å². The number of hydrogen-bond donors (Lipinski definition) is 1. The molecule has 0 radical (unpaired) electrons. The zero-order valence-electron chi connectivity index (χ0n) is 7.25. The van der Waals surface area contributed by atoms with Crippen LogP contribution in [0.15, 0.2) is 0 Å². The largest absolute Gasteiger partial charge is 0.365 e. The second kappa shape index (κ2) is 5.95. The van der Waals surface area contributed by atoms with Gasteiger partial charge in [0, 0.05) is 32.7 Å². The van der Waals surface area contributed by atoms with E-state index in [1.807, 2.05) is 6.07 Å². The van der Waals surface area contributed by atoms with Crippen LogP contribution in [-0.4, -0.2) is 50.8 Å². The van der Waals surface area contributed by atoms with Gasteiger partial charge in [0.15, 0.2) is 0 Å². The summed E-state index contributed by atoms with van der Waals surface area (Å²) in [6.07, 6.45) is 0. The fourth-order valence-corrected chi connectivity index (χ4v) is 1.25. The Morgan fingerprint density at radius 2 is 2.17 bits per heavy atom. The second-order valence-electron chi connectivity index (χ2n) is 2.80. The van der Waals surface area contributed by atoms with Gasteiger partial charge in [-0.25, -0.2) is 0 Å². The lowest BCUT2D eigenvalue weighted by Gasteiger charge is -2.26. The van der Waals surface area contributed by atoms with Crippen LogP contribution in [0.1, 0.15) is 0 Å². The standard InChI is InChI=1S/C8H15N3O/c9-1-7-12-8-6-11-4-2-10-3-5-11/h10H,2-8H2. The Hall–Kier alpha value is -0.630. The molecule has 0 aromatic rings. The summed E-state index contributed by atoms with van der Waals surface area (Å²) in [7, 11) is 0. The predicted molar refractivity (Wildman–Crippen MR) is 45.7 cm³/mol. The third kappa shape index (κ3) is 3.67. The molecule has 68 valence electrons. The highest BCUT2D eigenvalue weighted by Gasteiger charge is 2.07. The minimum atomic E-state index is 0.214. The van der Waals surface area contributed by atoms with Crippen molar-refractivity contribution in [2.24, 2.45) is 0 Å². The number of nitrogens with zero attached hydrogens (tertiary/aromatic N) is 2. The molecular weight excluding hydrogens is 154 g/mol. The van der Waals surface area contributed by atoms with Crippen LogP contribution in [0, 0.1) is 11.3 Å². The number of rotatable bonds is 4. The van der Waals surface area contributed by atoms with E-state index in [4.69, 9.17) is 10.00 Å². The van der Waals surface area contributed by atoms with Gasteiger partial charge < -0.3 is 10.1 Å². The number of nitrogens with one attached hydrogen (secondary N) is 1. The highest BCUT2D eigenvalue weighted by molar-refractivity contribution is 4.69. The van der Waals surface area contributed by atoms with E-state index in [2.05, 4.69) is 10.2 Å². The molecule has 1 aliphatic heterocycles. The van der Waals surface area contributed by atoms with Crippen LogP contribution in [0.5, 0.6) is 0 Å². The number of hydrogen-bond acceptors (Lipinski definition) is 4. The van der Waals surface area contributed by atoms with Crippen LogP contribution < -0.4 is 5.32 Å². The Kier molecular flexibility index (Phi) is 4.69. The second-order valence-corrected chi connectivity index (χ2v) is 2.80. The first kappa shape index (κ1) is 9.46. The van der Waals surface area contributed by atoms with Gasteiger partial charge in [0.2, 0.25) is 0 Å². The van der Waals surface area contributed by atoms with Gasteiger partial charge in [-0.15, -0.1) is 0 Å². The SMILES string of the molecule is N#CCOCCN1CCNCC1. The molecule has 0 saturated carbocycles. The summed E-state index contributed by atoms with van der Waals surface area (Å²) < 4.78 is 5.06. The van der Waals surface area contributed by atoms with Gasteiger partial charge in [0.1, 0.15) is 6.61 Å². The summed E-state index contributed by atoms with van der Waals surface area (Å²) in [5, 5.41) is 11.5. The van der Waals surface area contributed by atoms with Crippen molar-refractivity contribution in [3.63, 3.8) is 0 Å². The maximum atomic E-state index is 8.20. The fourth-order valence-electron chi connectivity index (χ4n) is 1.25. The average molecular weight is 169 g/mol. The number of nitriles is 1. The molecule has 1 saturated heterocycles. The van der Waals surface area contributed by atoms with Crippen LogP contribution in [-0.2, 0) is 4.74 Å². The monoisotopic (exact) mass is 169 g/mol. The number of piperazine rings is 1. The molecule has 1 aliphatic rings. The van der Waals surface area contributed by atoms with Crippen molar-refractivity contribution in [2.75, 3.05) is 45.9 Å². The molecule has 1 N–H and O–H groups in total. The van der Waals surface area contributed by atoms with E-state index in [9.17, 15) is 0 Å². The van der Waals surface area contributed by atoms with Gasteiger partial charge in [0.25, 0.3) is 0 Å². The van der Waals surface area contributed by atoms with E-state index < -0.39 is 0 Å². The Morgan fingerprint density at radius 1 is 1.42 bits per heavy atom. The smallest absolute Gasteiger partial charge is 0.133 e. The van der Waals surface area contributed by atoms with E-state index in [1.54, 1.807) is 0 Å². The maximum Gasteiger partial charge on any atom is 0.133 e. The van der Waals surface area contributed by atoms with Crippen LogP contribution in [0.4, 0.5) is 0 Å². The molecule has 1 rings (SSSR count). The summed E-state index contributed by atoms with van der Waals surface area (Å²) in [4.78, 5) is 2.34. The first-order valence-corrected chi connectivity index (χ1v) is 4.31. The lowest BCUT2D eigenvalue weighted by Crippen LogP contribution is -2.44. The minimum Gasteiger partial charge on any atom is -0.365 e. The van der Waals surface area contributed by atoms with Crippen LogP contribution in [0.2, 0.25) is 0 Å². The van der Waals surface area contributed by atoms with Gasteiger partial charge in [-0.2, -0.15) is 5.26 Å². The fraction of sp³-hybridized carbons (Fsp3) is 0.875. The highest BCUT2D eigenvalue weighted by atomic mass is 16.5. The zero-order valence-corrected chi connectivity index (χ0v) is 7.25. The van der Waals surface area contributed by atoms with Crippen molar-refractivity contribution in [2.45, 2.75) is 0 Å². The van der Waals surface area contributed by atoms with E-state index in [0.717, 1.165) is 32.7 Å². The molecule has 1 fully saturated rings. The van der Waals surface area contributed by atoms with Gasteiger partial charge in [-0.3, -0.25) is 4.90 Å². The predicted octanol–water partition coefficient (Wildman–Crippen LogP) is -0.568. The summed E-state index contributed by atoms with van der Waals surface area (Å²) >= 11 is 0. The quantitative estimate of drug-likeness (QED) is 0.573. The third-order valence-corrected chi connectivity index (χ3v) is 1.93. The summed E-state index contributed by atoms with van der Waals surface area (Å²) in [5.41, 5.74) is 0. The highest BCUT2D eigenvalue weighted by Crippen LogP contribution is 1.90. The summed E-state index contributed by atoms with van der Waals surface area (Å²) in [6, 6.07) is 1.95. The molecule has 0 atom stereocenters. The molecular formula is C8H15N3O. The van der Waals surface area contributed by atoms with Crippen LogP contribution in [0.3, 0.4) is 0 Å². The molecule has 1 heterocycles. The lowest BCUT2D eigenvalue weighted by molar-refractivity contribution is 0.120. The summed E-state index contributed by atoms with van der Waals surface area (Å²) in [6.45, 7) is 6.16. The third-order valence-electron chi connectivity index (χ3n) is 1.93. The van der Waals surface area contributed by atoms with Crippen LogP contribution >= 0.6 is 0 Å². The molecule has 4 nitrogen and oxygen atoms in total. The van der Waals surface area contributed by atoms with E-state index >= 15 is 0 Å². The number of ether oxygens (including phenoxy) is 1. The Labute approximate surface area is 73.1 Å². The van der Waals surface area contributed by atoms with E-state index in [-0.39, 0.29) is 6.61 Å². The molecule has 0 spiro atoms. The molecule has 0 amide bonds. The molecule has 0 aliphatic carbocycles. The van der Waals surface area contributed by atoms with Gasteiger partial charge in [-0.1, -0.05) is 0 Å². The topological polar surface area (TPSA) is 48.3 Å². The van der Waals surface area contributed by atoms with E-state index in [0.29, 0.717) is 6.61 Å². The van der Waals surface area contributed by atoms with Gasteiger partial charge in [0.05, 0.1) is 12.7 Å². The summed E-state index contributed by atoms with van der Waals surface area (Å²) in [5.74, 6) is 0. The first-order chi connectivity index (χ1) is 5.93. The Bertz CT molecular complexity index is 149. The van der Waals surface area contributed by atoms with Crippen LogP contribution in [0.25, 0.3) is 0 Å². The average Bonchev–Trinajstić information content (AvgIpc) is 2.14. The van der Waals surface area contributed by atoms with Crippen molar-refractivity contribution in [1.29, 1.82) is 5.26 Å². The molecule has 0 unspecified atom stereocenters. The molecule has 12 heavy (non-hydrogen) atoms. The van der Waals surface area contributed by atoms with E-state index in [1.165, 1.54) is 0 Å². The molecule has 0 aromatic heterocycles. The molecule has 0 aromatic carbocycles. The minimum absolute atomic E-state index is 0.214. The Morgan fingerprint density at radius 3 is 2.83 bits per heavy atom. The molecule has 0 bridgehead atoms. The van der Waals surface area contributed by atoms with Crippen molar-refractivity contribution < 1.29 is 4.74 Å². The van der Waals surface area contributed by atoms with Crippen molar-refractivity contribution in [3.8, 4) is 6.07 Å².